The van der Waals surface area contributed by atoms with E-state index in [4.69, 9.17) is 9.47 Å². The highest BCUT2D eigenvalue weighted by molar-refractivity contribution is 7.89. The van der Waals surface area contributed by atoms with Gasteiger partial charge in [-0.05, 0) is 43.9 Å². The van der Waals surface area contributed by atoms with E-state index in [1.807, 2.05) is 25.1 Å². The van der Waals surface area contributed by atoms with Crippen LogP contribution in [0, 0.1) is 5.92 Å². The predicted octanol–water partition coefficient (Wildman–Crippen LogP) is 2.33. The molecule has 0 radical (unpaired) electrons. The van der Waals surface area contributed by atoms with Gasteiger partial charge in [0.15, 0.2) is 11.5 Å². The SMILES string of the molecule is CC[C@@H](NC(=O)C1CCN(S(=O)(=O)CC)CC1)c1ccc(OC)c(OC)c1. The summed E-state index contributed by atoms with van der Waals surface area (Å²) < 4.78 is 36.0. The van der Waals surface area contributed by atoms with Crippen LogP contribution in [0.2, 0.25) is 0 Å². The number of carbonyl (C=O) groups is 1. The Hall–Kier alpha value is -1.80. The first-order chi connectivity index (χ1) is 12.9. The smallest absolute Gasteiger partial charge is 0.223 e. The number of rotatable bonds is 8. The molecule has 0 aliphatic carbocycles. The molecule has 1 N–H and O–H groups in total. The van der Waals surface area contributed by atoms with E-state index in [1.165, 1.54) is 4.31 Å². The molecule has 0 aromatic heterocycles. The molecule has 1 heterocycles. The van der Waals surface area contributed by atoms with Gasteiger partial charge < -0.3 is 14.8 Å². The standard InChI is InChI=1S/C19H30N2O5S/c1-5-16(15-7-8-17(25-3)18(13-15)26-4)20-19(22)14-9-11-21(12-10-14)27(23,24)6-2/h7-8,13-14,16H,5-6,9-12H2,1-4H3,(H,20,22)/t16-/m1/s1. The van der Waals surface area contributed by atoms with Gasteiger partial charge in [0.05, 0.1) is 26.0 Å². The molecule has 27 heavy (non-hydrogen) atoms. The third-order valence-electron chi connectivity index (χ3n) is 5.12. The van der Waals surface area contributed by atoms with Crippen LogP contribution in [0.1, 0.15) is 44.7 Å². The van der Waals surface area contributed by atoms with Crippen molar-refractivity contribution in [2.45, 2.75) is 39.2 Å². The number of hydrogen-bond donors (Lipinski definition) is 1. The molecule has 1 aliphatic rings. The van der Waals surface area contributed by atoms with Gasteiger partial charge in [0.25, 0.3) is 0 Å². The molecule has 152 valence electrons. The van der Waals surface area contributed by atoms with Crippen molar-refractivity contribution in [3.63, 3.8) is 0 Å². The summed E-state index contributed by atoms with van der Waals surface area (Å²) in [7, 11) is -0.0119. The lowest BCUT2D eigenvalue weighted by molar-refractivity contribution is -0.126. The Kier molecular flexibility index (Phi) is 7.49. The summed E-state index contributed by atoms with van der Waals surface area (Å²) in [6, 6.07) is 5.50. The number of nitrogens with one attached hydrogen (secondary N) is 1. The number of ether oxygens (including phenoxy) is 2. The summed E-state index contributed by atoms with van der Waals surface area (Å²) >= 11 is 0. The zero-order valence-corrected chi connectivity index (χ0v) is 17.3. The van der Waals surface area contributed by atoms with Crippen LogP contribution in [0.15, 0.2) is 18.2 Å². The number of sulfonamides is 1. The third kappa shape index (κ3) is 5.13. The van der Waals surface area contributed by atoms with Gasteiger partial charge in [-0.3, -0.25) is 4.79 Å². The molecule has 0 saturated carbocycles. The Morgan fingerprint density at radius 1 is 1.19 bits per heavy atom. The largest absolute Gasteiger partial charge is 0.493 e. The molecule has 1 fully saturated rings. The van der Waals surface area contributed by atoms with Gasteiger partial charge in [0, 0.05) is 19.0 Å². The number of piperidine rings is 1. The van der Waals surface area contributed by atoms with Crippen LogP contribution in [0.5, 0.6) is 11.5 Å². The monoisotopic (exact) mass is 398 g/mol. The second kappa shape index (κ2) is 9.41. The molecule has 7 nitrogen and oxygen atoms in total. The molecular weight excluding hydrogens is 368 g/mol. The van der Waals surface area contributed by atoms with Gasteiger partial charge in [-0.25, -0.2) is 12.7 Å². The van der Waals surface area contributed by atoms with Crippen molar-refractivity contribution in [2.24, 2.45) is 5.92 Å². The average molecular weight is 399 g/mol. The number of nitrogens with zero attached hydrogens (tertiary/aromatic N) is 1. The topological polar surface area (TPSA) is 84.9 Å². The summed E-state index contributed by atoms with van der Waals surface area (Å²) in [5.41, 5.74) is 0.953. The minimum Gasteiger partial charge on any atom is -0.493 e. The fourth-order valence-electron chi connectivity index (χ4n) is 3.36. The molecule has 0 unspecified atom stereocenters. The highest BCUT2D eigenvalue weighted by Gasteiger charge is 2.31. The highest BCUT2D eigenvalue weighted by atomic mass is 32.2. The van der Waals surface area contributed by atoms with Crippen molar-refractivity contribution in [1.82, 2.24) is 9.62 Å². The van der Waals surface area contributed by atoms with Crippen molar-refractivity contribution in [2.75, 3.05) is 33.1 Å². The summed E-state index contributed by atoms with van der Waals surface area (Å²) in [6.07, 6.45) is 1.84. The first kappa shape index (κ1) is 21.5. The summed E-state index contributed by atoms with van der Waals surface area (Å²) in [4.78, 5) is 12.7. The fourth-order valence-corrected chi connectivity index (χ4v) is 4.49. The third-order valence-corrected chi connectivity index (χ3v) is 7.00. The maximum Gasteiger partial charge on any atom is 0.223 e. The number of amides is 1. The molecule has 1 aliphatic heterocycles. The minimum atomic E-state index is -3.18. The van der Waals surface area contributed by atoms with Gasteiger partial charge in [-0.2, -0.15) is 0 Å². The molecule has 2 rings (SSSR count). The fraction of sp³-hybridized carbons (Fsp3) is 0.632. The van der Waals surface area contributed by atoms with E-state index < -0.39 is 10.0 Å². The second-order valence-corrected chi connectivity index (χ2v) is 8.92. The van der Waals surface area contributed by atoms with E-state index in [1.54, 1.807) is 21.1 Å². The van der Waals surface area contributed by atoms with Crippen LogP contribution in [0.3, 0.4) is 0 Å². The van der Waals surface area contributed by atoms with Crippen LogP contribution in [-0.2, 0) is 14.8 Å². The molecule has 1 atom stereocenters. The van der Waals surface area contributed by atoms with Gasteiger partial charge in [0.2, 0.25) is 15.9 Å². The first-order valence-electron chi connectivity index (χ1n) is 9.36. The lowest BCUT2D eigenvalue weighted by Crippen LogP contribution is -2.44. The lowest BCUT2D eigenvalue weighted by Gasteiger charge is -2.31. The Balaban J connectivity index is 2.02. The van der Waals surface area contributed by atoms with Crippen molar-refractivity contribution in [3.8, 4) is 11.5 Å². The van der Waals surface area contributed by atoms with Crippen LogP contribution in [0.4, 0.5) is 0 Å². The molecular formula is C19H30N2O5S. The average Bonchev–Trinajstić information content (AvgIpc) is 2.71. The van der Waals surface area contributed by atoms with Gasteiger partial charge in [0.1, 0.15) is 0 Å². The Morgan fingerprint density at radius 2 is 1.81 bits per heavy atom. The Labute approximate surface area is 162 Å². The quantitative estimate of drug-likeness (QED) is 0.726. The first-order valence-corrected chi connectivity index (χ1v) is 11.0. The maximum atomic E-state index is 12.7. The highest BCUT2D eigenvalue weighted by Crippen LogP contribution is 2.31. The molecule has 1 amide bonds. The number of benzene rings is 1. The summed E-state index contributed by atoms with van der Waals surface area (Å²) in [5, 5.41) is 3.11. The normalized spacial score (nSPS) is 17.3. The Bertz CT molecular complexity index is 742. The van der Waals surface area contributed by atoms with Crippen molar-refractivity contribution < 1.29 is 22.7 Å². The van der Waals surface area contributed by atoms with Crippen molar-refractivity contribution in [3.05, 3.63) is 23.8 Å². The van der Waals surface area contributed by atoms with Gasteiger partial charge in [-0.1, -0.05) is 13.0 Å². The van der Waals surface area contributed by atoms with E-state index in [0.29, 0.717) is 37.4 Å². The lowest BCUT2D eigenvalue weighted by atomic mass is 9.95. The summed E-state index contributed by atoms with van der Waals surface area (Å²) in [6.45, 7) is 4.46. The molecule has 0 bridgehead atoms. The maximum absolute atomic E-state index is 12.7. The van der Waals surface area contributed by atoms with E-state index in [-0.39, 0.29) is 23.6 Å². The van der Waals surface area contributed by atoms with Crippen LogP contribution in [0.25, 0.3) is 0 Å². The number of methoxy groups -OCH3 is 2. The van der Waals surface area contributed by atoms with Crippen LogP contribution >= 0.6 is 0 Å². The van der Waals surface area contributed by atoms with E-state index in [2.05, 4.69) is 5.32 Å². The van der Waals surface area contributed by atoms with Crippen molar-refractivity contribution in [1.29, 1.82) is 0 Å². The van der Waals surface area contributed by atoms with E-state index in [9.17, 15) is 13.2 Å². The van der Waals surface area contributed by atoms with E-state index >= 15 is 0 Å². The minimum absolute atomic E-state index is 0.0230. The Morgan fingerprint density at radius 3 is 2.33 bits per heavy atom. The zero-order chi connectivity index (χ0) is 20.0. The summed E-state index contributed by atoms with van der Waals surface area (Å²) in [5.74, 6) is 1.18. The van der Waals surface area contributed by atoms with E-state index in [0.717, 1.165) is 12.0 Å². The second-order valence-electron chi connectivity index (χ2n) is 6.66. The van der Waals surface area contributed by atoms with Crippen LogP contribution in [-0.4, -0.2) is 51.7 Å². The van der Waals surface area contributed by atoms with Crippen LogP contribution < -0.4 is 14.8 Å². The number of carbonyl (C=O) groups excluding carboxylic acids is 1. The zero-order valence-electron chi connectivity index (χ0n) is 16.5. The molecule has 0 spiro atoms. The van der Waals surface area contributed by atoms with Crippen molar-refractivity contribution >= 4 is 15.9 Å². The molecule has 8 heteroatoms. The molecule has 1 aromatic rings. The number of hydrogen-bond acceptors (Lipinski definition) is 5. The van der Waals surface area contributed by atoms with Gasteiger partial charge in [-0.15, -0.1) is 0 Å². The van der Waals surface area contributed by atoms with Gasteiger partial charge >= 0.3 is 0 Å². The molecule has 1 saturated heterocycles. The molecule has 1 aromatic carbocycles. The predicted molar refractivity (Wildman–Crippen MR) is 104 cm³/mol.